The molecule has 0 saturated carbocycles. The molecule has 1 aromatic heterocycles. The zero-order valence-corrected chi connectivity index (χ0v) is 9.23. The molecule has 1 rings (SSSR count). The van der Waals surface area contributed by atoms with Crippen LogP contribution in [-0.2, 0) is 0 Å². The van der Waals surface area contributed by atoms with Crippen molar-refractivity contribution in [2.45, 2.75) is 13.8 Å². The summed E-state index contributed by atoms with van der Waals surface area (Å²) in [7, 11) is 0. The highest BCUT2D eigenvalue weighted by atomic mass is 16.1. The molecule has 1 heterocycles. The molecular formula is C12H16N2O. The van der Waals surface area contributed by atoms with Crippen molar-refractivity contribution in [2.75, 3.05) is 18.0 Å². The van der Waals surface area contributed by atoms with Crippen LogP contribution in [0.1, 0.15) is 24.3 Å². The molecule has 0 atom stereocenters. The average Bonchev–Trinajstić information content (AvgIpc) is 2.26. The van der Waals surface area contributed by atoms with Crippen LogP contribution in [0.2, 0.25) is 0 Å². The van der Waals surface area contributed by atoms with E-state index in [0.29, 0.717) is 5.69 Å². The first kappa shape index (κ1) is 11.4. The third kappa shape index (κ3) is 2.91. The van der Waals surface area contributed by atoms with Crippen LogP contribution in [0.3, 0.4) is 0 Å². The molecule has 0 amide bonds. The molecule has 0 aliphatic heterocycles. The Kier molecular flexibility index (Phi) is 4.03. The van der Waals surface area contributed by atoms with Gasteiger partial charge >= 0.3 is 0 Å². The van der Waals surface area contributed by atoms with Gasteiger partial charge in [-0.05, 0) is 19.1 Å². The number of Topliss-reactive ketones (excluding diaryl/α,β-unsaturated/α-hetero) is 1. The summed E-state index contributed by atoms with van der Waals surface area (Å²) in [4.78, 5) is 17.3. The van der Waals surface area contributed by atoms with Gasteiger partial charge in [-0.1, -0.05) is 6.08 Å². The van der Waals surface area contributed by atoms with E-state index in [2.05, 4.69) is 23.4 Å². The summed E-state index contributed by atoms with van der Waals surface area (Å²) in [6.45, 7) is 8.98. The fraction of sp³-hybridized carbons (Fsp3) is 0.333. The highest BCUT2D eigenvalue weighted by Crippen LogP contribution is 2.12. The molecular weight excluding hydrogens is 188 g/mol. The minimum absolute atomic E-state index is 0.00619. The van der Waals surface area contributed by atoms with Crippen LogP contribution >= 0.6 is 0 Å². The number of carbonyl (C=O) groups is 1. The number of carbonyl (C=O) groups excluding carboxylic acids is 1. The maximum Gasteiger partial charge on any atom is 0.178 e. The first-order valence-electron chi connectivity index (χ1n) is 5.01. The van der Waals surface area contributed by atoms with Crippen molar-refractivity contribution in [3.05, 3.63) is 36.7 Å². The number of hydrogen-bond donors (Lipinski definition) is 0. The fourth-order valence-corrected chi connectivity index (χ4v) is 1.35. The van der Waals surface area contributed by atoms with Crippen LogP contribution < -0.4 is 4.90 Å². The van der Waals surface area contributed by atoms with Crippen LogP contribution in [0.25, 0.3) is 0 Å². The summed E-state index contributed by atoms with van der Waals surface area (Å²) in [5.41, 5.74) is 1.52. The third-order valence-electron chi connectivity index (χ3n) is 2.20. The molecule has 0 aliphatic carbocycles. The normalized spacial score (nSPS) is 9.73. The highest BCUT2D eigenvalue weighted by Gasteiger charge is 2.04. The van der Waals surface area contributed by atoms with Gasteiger partial charge in [0.25, 0.3) is 0 Å². The Morgan fingerprint density at radius 2 is 2.33 bits per heavy atom. The van der Waals surface area contributed by atoms with E-state index in [1.54, 1.807) is 12.3 Å². The molecule has 1 aromatic rings. The van der Waals surface area contributed by atoms with Crippen LogP contribution in [0.5, 0.6) is 0 Å². The van der Waals surface area contributed by atoms with Crippen molar-refractivity contribution < 1.29 is 4.79 Å². The maximum absolute atomic E-state index is 11.0. The van der Waals surface area contributed by atoms with E-state index in [4.69, 9.17) is 0 Å². The van der Waals surface area contributed by atoms with Crippen LogP contribution in [0.4, 0.5) is 5.69 Å². The summed E-state index contributed by atoms with van der Waals surface area (Å²) in [6, 6.07) is 3.67. The zero-order valence-electron chi connectivity index (χ0n) is 9.23. The number of ketones is 1. The topological polar surface area (TPSA) is 33.2 Å². The number of anilines is 1. The Morgan fingerprint density at radius 3 is 2.73 bits per heavy atom. The SMILES string of the molecule is C=CCN(CC)c1ccc(C(C)=O)nc1. The van der Waals surface area contributed by atoms with Crippen molar-refractivity contribution in [3.8, 4) is 0 Å². The highest BCUT2D eigenvalue weighted by molar-refractivity contribution is 5.92. The Morgan fingerprint density at radius 1 is 1.60 bits per heavy atom. The van der Waals surface area contributed by atoms with Gasteiger partial charge in [0.15, 0.2) is 5.78 Å². The van der Waals surface area contributed by atoms with E-state index < -0.39 is 0 Å². The Bertz CT molecular complexity index is 343. The van der Waals surface area contributed by atoms with Crippen molar-refractivity contribution in [1.29, 1.82) is 0 Å². The largest absolute Gasteiger partial charge is 0.367 e. The zero-order chi connectivity index (χ0) is 11.3. The van der Waals surface area contributed by atoms with Crippen molar-refractivity contribution >= 4 is 11.5 Å². The van der Waals surface area contributed by atoms with Gasteiger partial charge in [-0.25, -0.2) is 0 Å². The van der Waals surface area contributed by atoms with Gasteiger partial charge in [0.05, 0.1) is 11.9 Å². The molecule has 0 aliphatic rings. The molecule has 0 aromatic carbocycles. The second kappa shape index (κ2) is 5.29. The molecule has 3 nitrogen and oxygen atoms in total. The molecule has 0 spiro atoms. The summed E-state index contributed by atoms with van der Waals surface area (Å²) in [5, 5.41) is 0. The molecule has 3 heteroatoms. The second-order valence-corrected chi connectivity index (χ2v) is 3.29. The van der Waals surface area contributed by atoms with E-state index in [1.165, 1.54) is 6.92 Å². The third-order valence-corrected chi connectivity index (χ3v) is 2.20. The molecule has 80 valence electrons. The molecule has 0 radical (unpaired) electrons. The van der Waals surface area contributed by atoms with E-state index in [0.717, 1.165) is 18.8 Å². The van der Waals surface area contributed by atoms with E-state index in [-0.39, 0.29) is 5.78 Å². The van der Waals surface area contributed by atoms with Crippen molar-refractivity contribution in [3.63, 3.8) is 0 Å². The van der Waals surface area contributed by atoms with Crippen LogP contribution in [0, 0.1) is 0 Å². The van der Waals surface area contributed by atoms with Gasteiger partial charge < -0.3 is 4.90 Å². The summed E-state index contributed by atoms with van der Waals surface area (Å²) < 4.78 is 0. The maximum atomic E-state index is 11.0. The summed E-state index contributed by atoms with van der Waals surface area (Å²) in [6.07, 6.45) is 3.58. The molecule has 0 bridgehead atoms. The van der Waals surface area contributed by atoms with E-state index in [9.17, 15) is 4.79 Å². The first-order valence-corrected chi connectivity index (χ1v) is 5.01. The molecule has 0 fully saturated rings. The molecule has 0 unspecified atom stereocenters. The Balaban J connectivity index is 2.86. The lowest BCUT2D eigenvalue weighted by Gasteiger charge is -2.20. The lowest BCUT2D eigenvalue weighted by molar-refractivity contribution is 0.101. The molecule has 0 saturated heterocycles. The van der Waals surface area contributed by atoms with Crippen molar-refractivity contribution in [2.24, 2.45) is 0 Å². The Hall–Kier alpha value is -1.64. The van der Waals surface area contributed by atoms with Crippen LogP contribution in [0.15, 0.2) is 31.0 Å². The Labute approximate surface area is 90.4 Å². The first-order chi connectivity index (χ1) is 7.19. The van der Waals surface area contributed by atoms with Gasteiger partial charge in [0.2, 0.25) is 0 Å². The molecule has 0 N–H and O–H groups in total. The monoisotopic (exact) mass is 204 g/mol. The van der Waals surface area contributed by atoms with E-state index in [1.807, 2.05) is 12.1 Å². The minimum atomic E-state index is -0.00619. The molecule has 15 heavy (non-hydrogen) atoms. The standard InChI is InChI=1S/C12H16N2O/c1-4-8-14(5-2)11-6-7-12(10(3)15)13-9-11/h4,6-7,9H,1,5,8H2,2-3H3. The number of nitrogens with zero attached hydrogens (tertiary/aromatic N) is 2. The van der Waals surface area contributed by atoms with Gasteiger partial charge in [-0.15, -0.1) is 6.58 Å². The fourth-order valence-electron chi connectivity index (χ4n) is 1.35. The minimum Gasteiger partial charge on any atom is -0.367 e. The average molecular weight is 204 g/mol. The summed E-state index contributed by atoms with van der Waals surface area (Å²) >= 11 is 0. The van der Waals surface area contributed by atoms with Gasteiger partial charge in [-0.3, -0.25) is 9.78 Å². The predicted octanol–water partition coefficient (Wildman–Crippen LogP) is 2.30. The smallest absolute Gasteiger partial charge is 0.178 e. The lowest BCUT2D eigenvalue weighted by Crippen LogP contribution is -2.22. The van der Waals surface area contributed by atoms with Crippen LogP contribution in [-0.4, -0.2) is 23.9 Å². The predicted molar refractivity (Wildman–Crippen MR) is 62.3 cm³/mol. The van der Waals surface area contributed by atoms with Gasteiger partial charge in [0.1, 0.15) is 5.69 Å². The lowest BCUT2D eigenvalue weighted by atomic mass is 10.2. The number of pyridine rings is 1. The summed E-state index contributed by atoms with van der Waals surface area (Å²) in [5.74, 6) is -0.00619. The quantitative estimate of drug-likeness (QED) is 0.545. The van der Waals surface area contributed by atoms with Gasteiger partial charge in [0, 0.05) is 20.0 Å². The number of rotatable bonds is 5. The van der Waals surface area contributed by atoms with Gasteiger partial charge in [-0.2, -0.15) is 0 Å². The van der Waals surface area contributed by atoms with E-state index >= 15 is 0 Å². The van der Waals surface area contributed by atoms with Crippen molar-refractivity contribution in [1.82, 2.24) is 4.98 Å². The number of likely N-dealkylation sites (N-methyl/N-ethyl adjacent to an activating group) is 1. The number of aromatic nitrogens is 1. The second-order valence-electron chi connectivity index (χ2n) is 3.29. The number of hydrogen-bond acceptors (Lipinski definition) is 3.